The van der Waals surface area contributed by atoms with Gasteiger partial charge in [-0.2, -0.15) is 0 Å². The summed E-state index contributed by atoms with van der Waals surface area (Å²) in [6.45, 7) is 4.14. The van der Waals surface area contributed by atoms with Crippen LogP contribution in [-0.2, 0) is 5.41 Å². The summed E-state index contributed by atoms with van der Waals surface area (Å²) in [5, 5.41) is 0. The van der Waals surface area contributed by atoms with Crippen LogP contribution in [0.5, 0.6) is 0 Å². The van der Waals surface area contributed by atoms with E-state index in [4.69, 9.17) is 6.42 Å². The van der Waals surface area contributed by atoms with E-state index in [1.807, 2.05) is 12.1 Å². The first-order valence-corrected chi connectivity index (χ1v) is 5.45. The van der Waals surface area contributed by atoms with E-state index in [0.29, 0.717) is 0 Å². The lowest BCUT2D eigenvalue weighted by atomic mass is 9.86. The summed E-state index contributed by atoms with van der Waals surface area (Å²) in [5.74, 6) is 2.82. The fourth-order valence-electron chi connectivity index (χ4n) is 1.24. The van der Waals surface area contributed by atoms with Crippen LogP contribution in [0.4, 0.5) is 0 Å². The van der Waals surface area contributed by atoms with E-state index in [1.54, 1.807) is 11.8 Å². The van der Waals surface area contributed by atoms with Gasteiger partial charge in [0.2, 0.25) is 0 Å². The summed E-state index contributed by atoms with van der Waals surface area (Å²) in [4.78, 5) is 1.27. The zero-order valence-corrected chi connectivity index (χ0v) is 9.11. The van der Waals surface area contributed by atoms with Gasteiger partial charge in [-0.1, -0.05) is 24.1 Å². The molecule has 0 spiro atoms. The van der Waals surface area contributed by atoms with Crippen molar-refractivity contribution >= 4 is 11.8 Å². The summed E-state index contributed by atoms with van der Waals surface area (Å²) in [6.07, 6.45) is 7.58. The molecule has 0 heterocycles. The largest absolute Gasteiger partial charge is 0.129 e. The predicted octanol–water partition coefficient (Wildman–Crippen LogP) is 3.32. The van der Waals surface area contributed by atoms with Crippen molar-refractivity contribution in [3.05, 3.63) is 29.8 Å². The normalized spacial score (nSPS) is 10.9. The molecule has 0 nitrogen and oxygen atoms in total. The Hall–Kier alpha value is -0.870. The summed E-state index contributed by atoms with van der Waals surface area (Å²) in [6, 6.07) is 8.29. The maximum atomic E-state index is 5.50. The van der Waals surface area contributed by atoms with Crippen LogP contribution < -0.4 is 0 Å². The van der Waals surface area contributed by atoms with Gasteiger partial charge in [0.1, 0.15) is 0 Å². The van der Waals surface area contributed by atoms with Crippen molar-refractivity contribution < 1.29 is 0 Å². The van der Waals surface area contributed by atoms with Crippen molar-refractivity contribution in [2.75, 3.05) is 6.26 Å². The minimum Gasteiger partial charge on any atom is -0.129 e. The second kappa shape index (κ2) is 3.89. The van der Waals surface area contributed by atoms with E-state index in [0.717, 1.165) is 0 Å². The first-order chi connectivity index (χ1) is 6.11. The molecule has 0 bridgehead atoms. The third-order valence-electron chi connectivity index (χ3n) is 2.14. The molecule has 0 aliphatic heterocycles. The van der Waals surface area contributed by atoms with E-state index in [9.17, 15) is 0 Å². The van der Waals surface area contributed by atoms with Crippen molar-refractivity contribution in [1.82, 2.24) is 0 Å². The molecule has 0 aliphatic carbocycles. The molecule has 1 aromatic carbocycles. The fourth-order valence-corrected chi connectivity index (χ4v) is 2.00. The molecule has 13 heavy (non-hydrogen) atoms. The van der Waals surface area contributed by atoms with E-state index in [1.165, 1.54) is 10.5 Å². The van der Waals surface area contributed by atoms with Gasteiger partial charge < -0.3 is 0 Å². The van der Waals surface area contributed by atoms with Gasteiger partial charge >= 0.3 is 0 Å². The topological polar surface area (TPSA) is 0 Å². The molecule has 0 fully saturated rings. The number of benzene rings is 1. The number of thioether (sulfide) groups is 1. The molecule has 68 valence electrons. The molecular formula is C12H14S. The quantitative estimate of drug-likeness (QED) is 0.509. The van der Waals surface area contributed by atoms with Gasteiger partial charge in [-0.15, -0.1) is 18.2 Å². The van der Waals surface area contributed by atoms with Gasteiger partial charge in [0.25, 0.3) is 0 Å². The van der Waals surface area contributed by atoms with Crippen LogP contribution in [0, 0.1) is 12.3 Å². The van der Waals surface area contributed by atoms with Crippen LogP contribution in [0.3, 0.4) is 0 Å². The van der Waals surface area contributed by atoms with Crippen LogP contribution in [0.1, 0.15) is 19.4 Å². The number of hydrogen-bond donors (Lipinski definition) is 0. The van der Waals surface area contributed by atoms with Gasteiger partial charge in [-0.25, -0.2) is 0 Å². The molecule has 0 radical (unpaired) electrons. The van der Waals surface area contributed by atoms with Crippen LogP contribution >= 0.6 is 11.8 Å². The zero-order chi connectivity index (χ0) is 9.90. The maximum absolute atomic E-state index is 5.50. The minimum absolute atomic E-state index is 0.167. The molecule has 0 aliphatic rings. The first-order valence-electron chi connectivity index (χ1n) is 4.23. The monoisotopic (exact) mass is 190 g/mol. The number of hydrogen-bond acceptors (Lipinski definition) is 1. The van der Waals surface area contributed by atoms with E-state index in [2.05, 4.69) is 38.2 Å². The fraction of sp³-hybridized carbons (Fsp3) is 0.333. The maximum Gasteiger partial charge on any atom is 0.0515 e. The highest BCUT2D eigenvalue weighted by Crippen LogP contribution is 2.30. The second-order valence-corrected chi connectivity index (χ2v) is 4.32. The average molecular weight is 190 g/mol. The summed E-state index contributed by atoms with van der Waals surface area (Å²) < 4.78 is 0. The summed E-state index contributed by atoms with van der Waals surface area (Å²) in [7, 11) is 0. The Kier molecular flexibility index (Phi) is 3.06. The Bertz CT molecular complexity index is 331. The SMILES string of the molecule is C#CC(C)(C)c1ccccc1SC. The highest BCUT2D eigenvalue weighted by molar-refractivity contribution is 7.98. The summed E-state index contributed by atoms with van der Waals surface area (Å²) in [5.41, 5.74) is 1.07. The van der Waals surface area contributed by atoms with E-state index in [-0.39, 0.29) is 5.41 Å². The smallest absolute Gasteiger partial charge is 0.0515 e. The molecular weight excluding hydrogens is 176 g/mol. The lowest BCUT2D eigenvalue weighted by Crippen LogP contribution is -2.14. The number of terminal acetylenes is 1. The zero-order valence-electron chi connectivity index (χ0n) is 8.29. The Balaban J connectivity index is 3.22. The average Bonchev–Trinajstić information content (AvgIpc) is 2.18. The molecule has 1 rings (SSSR count). The van der Waals surface area contributed by atoms with Crippen LogP contribution in [0.15, 0.2) is 29.2 Å². The molecule has 1 heteroatoms. The van der Waals surface area contributed by atoms with E-state index >= 15 is 0 Å². The highest BCUT2D eigenvalue weighted by atomic mass is 32.2. The Morgan fingerprint density at radius 2 is 1.92 bits per heavy atom. The Morgan fingerprint density at radius 1 is 1.31 bits per heavy atom. The molecule has 0 saturated heterocycles. The second-order valence-electron chi connectivity index (χ2n) is 3.47. The van der Waals surface area contributed by atoms with Gasteiger partial charge in [0.05, 0.1) is 5.41 Å². The molecule has 0 atom stereocenters. The van der Waals surface area contributed by atoms with Crippen molar-refractivity contribution in [3.63, 3.8) is 0 Å². The van der Waals surface area contributed by atoms with Gasteiger partial charge in [0, 0.05) is 4.90 Å². The van der Waals surface area contributed by atoms with E-state index < -0.39 is 0 Å². The third-order valence-corrected chi connectivity index (χ3v) is 2.94. The summed E-state index contributed by atoms with van der Waals surface area (Å²) >= 11 is 1.74. The lowest BCUT2D eigenvalue weighted by molar-refractivity contribution is 0.683. The van der Waals surface area contributed by atoms with Gasteiger partial charge in [0.15, 0.2) is 0 Å². The Labute approximate surface area is 84.7 Å². The first kappa shape index (κ1) is 10.2. The molecule has 0 N–H and O–H groups in total. The molecule has 0 amide bonds. The van der Waals surface area contributed by atoms with Crippen molar-refractivity contribution in [2.45, 2.75) is 24.2 Å². The minimum atomic E-state index is -0.167. The lowest BCUT2D eigenvalue weighted by Gasteiger charge is -2.20. The molecule has 0 aromatic heterocycles. The van der Waals surface area contributed by atoms with Crippen LogP contribution in [0.2, 0.25) is 0 Å². The Morgan fingerprint density at radius 3 is 2.46 bits per heavy atom. The predicted molar refractivity (Wildman–Crippen MR) is 60.1 cm³/mol. The number of rotatable bonds is 2. The van der Waals surface area contributed by atoms with Crippen LogP contribution in [-0.4, -0.2) is 6.26 Å². The van der Waals surface area contributed by atoms with Gasteiger partial charge in [-0.3, -0.25) is 0 Å². The van der Waals surface area contributed by atoms with Crippen molar-refractivity contribution in [1.29, 1.82) is 0 Å². The molecule has 0 unspecified atom stereocenters. The van der Waals surface area contributed by atoms with Crippen molar-refractivity contribution in [3.8, 4) is 12.3 Å². The van der Waals surface area contributed by atoms with Gasteiger partial charge in [-0.05, 0) is 31.7 Å². The third kappa shape index (κ3) is 2.08. The van der Waals surface area contributed by atoms with Crippen LogP contribution in [0.25, 0.3) is 0 Å². The molecule has 0 saturated carbocycles. The van der Waals surface area contributed by atoms with Crippen molar-refractivity contribution in [2.24, 2.45) is 0 Å². The standard InChI is InChI=1S/C12H14S/c1-5-12(2,3)10-8-6-7-9-11(10)13-4/h1,6-9H,2-4H3. The highest BCUT2D eigenvalue weighted by Gasteiger charge is 2.19. The molecule has 1 aromatic rings.